The molecule has 2 aromatic heterocycles. The van der Waals surface area contributed by atoms with Crippen molar-refractivity contribution in [3.8, 4) is 11.4 Å². The van der Waals surface area contributed by atoms with E-state index in [9.17, 15) is 14.0 Å². The second kappa shape index (κ2) is 9.86. The fraction of sp³-hybridized carbons (Fsp3) is 0.300. The van der Waals surface area contributed by atoms with Gasteiger partial charge in [0.2, 0.25) is 5.91 Å². The number of ether oxygens (including phenoxy) is 1. The average molecular weight is 449 g/mol. The number of hydrogen-bond donors (Lipinski definition) is 1. The number of aromatic nitrogens is 3. The number of amides is 1. The summed E-state index contributed by atoms with van der Waals surface area (Å²) in [5.74, 6) is -0.366. The molecule has 0 unspecified atom stereocenters. The first-order valence-electron chi connectivity index (χ1n) is 9.30. The van der Waals surface area contributed by atoms with E-state index < -0.39 is 5.97 Å². The highest BCUT2D eigenvalue weighted by atomic mass is 32.2. The quantitative estimate of drug-likeness (QED) is 0.412. The van der Waals surface area contributed by atoms with Crippen molar-refractivity contribution in [1.82, 2.24) is 14.8 Å². The molecule has 1 aromatic carbocycles. The van der Waals surface area contributed by atoms with E-state index in [0.29, 0.717) is 21.5 Å². The Labute approximate surface area is 181 Å². The summed E-state index contributed by atoms with van der Waals surface area (Å²) < 4.78 is 19.9. The smallest absolute Gasteiger partial charge is 0.341 e. The molecule has 3 rings (SSSR count). The van der Waals surface area contributed by atoms with Crippen molar-refractivity contribution >= 4 is 40.0 Å². The molecule has 1 N–H and O–H groups in total. The van der Waals surface area contributed by atoms with Crippen LogP contribution in [0.25, 0.3) is 11.4 Å². The molecule has 0 spiro atoms. The SMILES string of the molecule is CCOC(=O)c1cc(CC)sc1NC(=O)CSc1nnc(-c2ccc(F)cc2)n1C. The second-order valence-electron chi connectivity index (χ2n) is 6.24. The van der Waals surface area contributed by atoms with Crippen molar-refractivity contribution < 1.29 is 18.7 Å². The van der Waals surface area contributed by atoms with Crippen molar-refractivity contribution in [2.45, 2.75) is 25.4 Å². The highest BCUT2D eigenvalue weighted by Crippen LogP contribution is 2.30. The minimum atomic E-state index is -0.450. The molecule has 7 nitrogen and oxygen atoms in total. The van der Waals surface area contributed by atoms with Gasteiger partial charge in [0.1, 0.15) is 10.8 Å². The molecule has 0 radical (unpaired) electrons. The Kier molecular flexibility index (Phi) is 7.22. The van der Waals surface area contributed by atoms with E-state index in [-0.39, 0.29) is 24.1 Å². The molecule has 0 bridgehead atoms. The first-order valence-corrected chi connectivity index (χ1v) is 11.1. The van der Waals surface area contributed by atoms with Crippen LogP contribution < -0.4 is 5.32 Å². The van der Waals surface area contributed by atoms with Gasteiger partial charge >= 0.3 is 5.97 Å². The number of carbonyl (C=O) groups excluding carboxylic acids is 2. The number of anilines is 1. The number of carbonyl (C=O) groups is 2. The lowest BCUT2D eigenvalue weighted by molar-refractivity contribution is -0.113. The largest absolute Gasteiger partial charge is 0.462 e. The number of rotatable bonds is 8. The highest BCUT2D eigenvalue weighted by Gasteiger charge is 2.19. The number of nitrogens with zero attached hydrogens (tertiary/aromatic N) is 3. The Morgan fingerprint density at radius 2 is 1.97 bits per heavy atom. The maximum absolute atomic E-state index is 13.1. The zero-order chi connectivity index (χ0) is 21.7. The summed E-state index contributed by atoms with van der Waals surface area (Å²) in [6, 6.07) is 7.72. The summed E-state index contributed by atoms with van der Waals surface area (Å²) in [5.41, 5.74) is 1.10. The fourth-order valence-electron chi connectivity index (χ4n) is 2.65. The van der Waals surface area contributed by atoms with Crippen molar-refractivity contribution in [3.63, 3.8) is 0 Å². The summed E-state index contributed by atoms with van der Waals surface area (Å²) in [7, 11) is 1.78. The topological polar surface area (TPSA) is 86.1 Å². The predicted molar refractivity (Wildman–Crippen MR) is 115 cm³/mol. The van der Waals surface area contributed by atoms with Gasteiger partial charge in [-0.05, 0) is 43.7 Å². The number of hydrogen-bond acceptors (Lipinski definition) is 7. The monoisotopic (exact) mass is 448 g/mol. The molecule has 0 saturated carbocycles. The van der Waals surface area contributed by atoms with Crippen LogP contribution in [-0.4, -0.2) is 39.0 Å². The van der Waals surface area contributed by atoms with Gasteiger partial charge in [-0.3, -0.25) is 4.79 Å². The number of halogens is 1. The van der Waals surface area contributed by atoms with Gasteiger partial charge < -0.3 is 14.6 Å². The Balaban J connectivity index is 1.66. The van der Waals surface area contributed by atoms with E-state index in [0.717, 1.165) is 16.9 Å². The maximum Gasteiger partial charge on any atom is 0.341 e. The van der Waals surface area contributed by atoms with Crippen LogP contribution in [0.2, 0.25) is 0 Å². The lowest BCUT2D eigenvalue weighted by Crippen LogP contribution is -2.16. The molecule has 0 fully saturated rings. The normalized spacial score (nSPS) is 10.8. The zero-order valence-corrected chi connectivity index (χ0v) is 18.4. The van der Waals surface area contributed by atoms with Crippen LogP contribution in [-0.2, 0) is 23.0 Å². The number of nitrogens with one attached hydrogen (secondary N) is 1. The van der Waals surface area contributed by atoms with Gasteiger partial charge in [0.25, 0.3) is 0 Å². The van der Waals surface area contributed by atoms with Crippen molar-refractivity contribution in [2.75, 3.05) is 17.7 Å². The fourth-order valence-corrected chi connectivity index (χ4v) is 4.36. The lowest BCUT2D eigenvalue weighted by Gasteiger charge is -2.06. The summed E-state index contributed by atoms with van der Waals surface area (Å²) in [5, 5.41) is 12.1. The standard InChI is InChI=1S/C20H21FN4O3S2/c1-4-14-10-15(19(27)28-5-2)18(30-14)22-16(26)11-29-20-24-23-17(25(20)3)12-6-8-13(21)9-7-12/h6-10H,4-5,11H2,1-3H3,(H,22,26). The van der Waals surface area contributed by atoms with Crippen LogP contribution in [0.5, 0.6) is 0 Å². The third-order valence-electron chi connectivity index (χ3n) is 4.15. The predicted octanol–water partition coefficient (Wildman–Crippen LogP) is 4.15. The van der Waals surface area contributed by atoms with Crippen LogP contribution in [0.1, 0.15) is 29.1 Å². The third kappa shape index (κ3) is 5.06. The summed E-state index contributed by atoms with van der Waals surface area (Å²) in [6.45, 7) is 3.98. The van der Waals surface area contributed by atoms with Gasteiger partial charge in [-0.2, -0.15) is 0 Å². The van der Waals surface area contributed by atoms with Gasteiger partial charge in [-0.15, -0.1) is 21.5 Å². The minimum Gasteiger partial charge on any atom is -0.462 e. The second-order valence-corrected chi connectivity index (χ2v) is 8.32. The molecule has 0 saturated heterocycles. The van der Waals surface area contributed by atoms with E-state index in [2.05, 4.69) is 15.5 Å². The number of thioether (sulfide) groups is 1. The summed E-state index contributed by atoms with van der Waals surface area (Å²) >= 11 is 2.59. The van der Waals surface area contributed by atoms with Gasteiger partial charge in [-0.1, -0.05) is 18.7 Å². The molecular formula is C20H21FN4O3S2. The number of esters is 1. The molecule has 1 amide bonds. The summed E-state index contributed by atoms with van der Waals surface area (Å²) in [4.78, 5) is 25.6. The van der Waals surface area contributed by atoms with Crippen molar-refractivity contribution in [3.05, 3.63) is 46.6 Å². The van der Waals surface area contributed by atoms with Gasteiger partial charge in [0.15, 0.2) is 11.0 Å². The Morgan fingerprint density at radius 1 is 1.23 bits per heavy atom. The van der Waals surface area contributed by atoms with Gasteiger partial charge in [-0.25, -0.2) is 9.18 Å². The van der Waals surface area contributed by atoms with Crippen molar-refractivity contribution in [1.29, 1.82) is 0 Å². The van der Waals surface area contributed by atoms with Crippen LogP contribution >= 0.6 is 23.1 Å². The van der Waals surface area contributed by atoms with E-state index in [1.807, 2.05) is 6.92 Å². The van der Waals surface area contributed by atoms with E-state index in [1.54, 1.807) is 36.7 Å². The van der Waals surface area contributed by atoms with Crippen LogP contribution in [0.4, 0.5) is 9.39 Å². The molecule has 158 valence electrons. The number of benzene rings is 1. The van der Waals surface area contributed by atoms with Gasteiger partial charge in [0, 0.05) is 17.5 Å². The Morgan fingerprint density at radius 3 is 2.63 bits per heavy atom. The maximum atomic E-state index is 13.1. The van der Waals surface area contributed by atoms with Crippen LogP contribution in [0.15, 0.2) is 35.5 Å². The third-order valence-corrected chi connectivity index (χ3v) is 6.36. The first-order chi connectivity index (χ1) is 14.4. The first kappa shape index (κ1) is 22.0. The Bertz CT molecular complexity index is 1050. The van der Waals surface area contributed by atoms with Crippen LogP contribution in [0, 0.1) is 5.82 Å². The molecule has 0 aliphatic heterocycles. The zero-order valence-electron chi connectivity index (χ0n) is 16.8. The molecule has 10 heteroatoms. The van der Waals surface area contributed by atoms with E-state index >= 15 is 0 Å². The molecule has 0 aliphatic rings. The molecule has 3 aromatic rings. The molecular weight excluding hydrogens is 427 g/mol. The Hall–Kier alpha value is -2.72. The molecule has 30 heavy (non-hydrogen) atoms. The minimum absolute atomic E-state index is 0.0943. The van der Waals surface area contributed by atoms with Gasteiger partial charge in [0.05, 0.1) is 17.9 Å². The molecule has 2 heterocycles. The highest BCUT2D eigenvalue weighted by molar-refractivity contribution is 7.99. The van der Waals surface area contributed by atoms with Crippen molar-refractivity contribution in [2.24, 2.45) is 7.05 Å². The molecule has 0 atom stereocenters. The molecule has 0 aliphatic carbocycles. The summed E-state index contributed by atoms with van der Waals surface area (Å²) in [6.07, 6.45) is 0.757. The van der Waals surface area contributed by atoms with E-state index in [1.165, 1.54) is 35.2 Å². The number of aryl methyl sites for hydroxylation is 1. The average Bonchev–Trinajstić information content (AvgIpc) is 3.30. The van der Waals surface area contributed by atoms with E-state index in [4.69, 9.17) is 4.74 Å². The number of thiophene rings is 1. The lowest BCUT2D eigenvalue weighted by atomic mass is 10.2. The van der Waals surface area contributed by atoms with Crippen LogP contribution in [0.3, 0.4) is 0 Å².